The maximum Gasteiger partial charge on any atom is 0.405 e. The van der Waals surface area contributed by atoms with E-state index >= 15 is 0 Å². The number of nitrogens with two attached hydrogens (primary N) is 1. The minimum Gasteiger partial charge on any atom is -0.444 e. The molecule has 4 nitrogen and oxygen atoms in total. The Labute approximate surface area is 72.1 Å². The van der Waals surface area contributed by atoms with E-state index in [1.807, 2.05) is 0 Å². The summed E-state index contributed by atoms with van der Waals surface area (Å²) in [5.74, 6) is 0. The summed E-state index contributed by atoms with van der Waals surface area (Å²) in [7, 11) is 0. The van der Waals surface area contributed by atoms with E-state index < -0.39 is 11.7 Å². The van der Waals surface area contributed by atoms with Crippen molar-refractivity contribution >= 4 is 12.4 Å². The predicted octanol–water partition coefficient (Wildman–Crippen LogP) is 1.23. The van der Waals surface area contributed by atoms with Crippen LogP contribution in [0.2, 0.25) is 0 Å². The zero-order chi connectivity index (χ0) is 9.61. The van der Waals surface area contributed by atoms with Gasteiger partial charge in [0.2, 0.25) is 0 Å². The smallest absolute Gasteiger partial charge is 0.405 e. The highest BCUT2D eigenvalue weighted by atomic mass is 16.6. The van der Waals surface area contributed by atoms with Crippen molar-refractivity contribution in [2.45, 2.75) is 38.7 Å². The van der Waals surface area contributed by atoms with Crippen molar-refractivity contribution in [1.82, 2.24) is 0 Å². The van der Waals surface area contributed by atoms with Crippen molar-refractivity contribution in [2.24, 2.45) is 5.73 Å². The summed E-state index contributed by atoms with van der Waals surface area (Å²) in [6.07, 6.45) is 1.93. The second-order valence-corrected chi connectivity index (χ2v) is 3.24. The first-order chi connectivity index (χ1) is 5.48. The summed E-state index contributed by atoms with van der Waals surface area (Å²) in [5.41, 5.74) is 4.29. The van der Waals surface area contributed by atoms with Crippen LogP contribution in [0.15, 0.2) is 0 Å². The molecule has 0 aromatic carbocycles. The first-order valence-corrected chi connectivity index (χ1v) is 3.90. The van der Waals surface area contributed by atoms with Gasteiger partial charge in [-0.05, 0) is 26.7 Å². The van der Waals surface area contributed by atoms with Crippen molar-refractivity contribution in [3.8, 4) is 0 Å². The van der Waals surface area contributed by atoms with E-state index in [0.29, 0.717) is 19.3 Å². The lowest BCUT2D eigenvalue weighted by atomic mass is 10.0. The third kappa shape index (κ3) is 5.70. The molecule has 0 fully saturated rings. The summed E-state index contributed by atoms with van der Waals surface area (Å²) < 4.78 is 4.81. The van der Waals surface area contributed by atoms with Gasteiger partial charge in [0.25, 0.3) is 0 Å². The van der Waals surface area contributed by atoms with E-state index in [-0.39, 0.29) is 0 Å². The normalized spacial score (nSPS) is 10.8. The van der Waals surface area contributed by atoms with Crippen molar-refractivity contribution in [1.29, 1.82) is 0 Å². The molecule has 0 aromatic rings. The van der Waals surface area contributed by atoms with Crippen molar-refractivity contribution in [2.75, 3.05) is 0 Å². The standard InChI is InChI=1S/C8H15NO3/c1-8(2,12-7(9)11)5-3-4-6-10/h6H,3-5H2,1-2H3,(H2,9,11). The number of aldehydes is 1. The summed E-state index contributed by atoms with van der Waals surface area (Å²) in [6, 6.07) is 0. The maximum absolute atomic E-state index is 10.4. The molecule has 0 bridgehead atoms. The number of primary amides is 1. The summed E-state index contributed by atoms with van der Waals surface area (Å²) in [4.78, 5) is 20.4. The quantitative estimate of drug-likeness (QED) is 0.502. The number of ether oxygens (including phenoxy) is 1. The lowest BCUT2D eigenvalue weighted by Gasteiger charge is -2.23. The number of hydrogen-bond acceptors (Lipinski definition) is 3. The van der Waals surface area contributed by atoms with E-state index in [1.54, 1.807) is 13.8 Å². The van der Waals surface area contributed by atoms with Gasteiger partial charge in [-0.25, -0.2) is 4.79 Å². The third-order valence-corrected chi connectivity index (χ3v) is 1.48. The SMILES string of the molecule is CC(C)(CCCC=O)OC(N)=O. The minimum absolute atomic E-state index is 0.492. The van der Waals surface area contributed by atoms with Crippen LogP contribution in [0.3, 0.4) is 0 Å². The molecule has 0 aromatic heterocycles. The van der Waals surface area contributed by atoms with Crippen LogP contribution in [-0.4, -0.2) is 18.0 Å². The van der Waals surface area contributed by atoms with Gasteiger partial charge in [-0.15, -0.1) is 0 Å². The van der Waals surface area contributed by atoms with Gasteiger partial charge in [0.15, 0.2) is 0 Å². The van der Waals surface area contributed by atoms with Crippen molar-refractivity contribution in [3.63, 3.8) is 0 Å². The molecule has 0 aliphatic carbocycles. The second kappa shape index (κ2) is 4.74. The molecule has 0 saturated heterocycles. The van der Waals surface area contributed by atoms with Gasteiger partial charge in [-0.3, -0.25) is 0 Å². The number of unbranched alkanes of at least 4 members (excludes halogenated alkanes) is 1. The molecule has 4 heteroatoms. The lowest BCUT2D eigenvalue weighted by Crippen LogP contribution is -2.30. The Morgan fingerprint density at radius 3 is 2.58 bits per heavy atom. The van der Waals surface area contributed by atoms with Gasteiger partial charge in [-0.2, -0.15) is 0 Å². The first kappa shape index (κ1) is 10.9. The molecule has 0 spiro atoms. The molecule has 2 N–H and O–H groups in total. The monoisotopic (exact) mass is 173 g/mol. The fourth-order valence-corrected chi connectivity index (χ4v) is 0.934. The van der Waals surface area contributed by atoms with Crippen LogP contribution in [0.5, 0.6) is 0 Å². The Hall–Kier alpha value is -1.06. The molecule has 0 radical (unpaired) electrons. The number of carbonyl (C=O) groups is 2. The van der Waals surface area contributed by atoms with Gasteiger partial charge >= 0.3 is 6.09 Å². The highest BCUT2D eigenvalue weighted by molar-refractivity contribution is 5.65. The van der Waals surface area contributed by atoms with Crippen LogP contribution < -0.4 is 5.73 Å². The minimum atomic E-state index is -0.772. The molecule has 0 atom stereocenters. The van der Waals surface area contributed by atoms with Gasteiger partial charge in [0.05, 0.1) is 0 Å². The largest absolute Gasteiger partial charge is 0.444 e. The number of hydrogen-bond donors (Lipinski definition) is 1. The zero-order valence-corrected chi connectivity index (χ0v) is 7.50. The number of amides is 1. The van der Waals surface area contributed by atoms with Crippen LogP contribution in [-0.2, 0) is 9.53 Å². The van der Waals surface area contributed by atoms with Gasteiger partial charge < -0.3 is 15.3 Å². The van der Waals surface area contributed by atoms with E-state index in [2.05, 4.69) is 0 Å². The molecule has 0 rings (SSSR count). The van der Waals surface area contributed by atoms with Gasteiger partial charge in [0.1, 0.15) is 11.9 Å². The molecule has 0 aliphatic heterocycles. The van der Waals surface area contributed by atoms with Crippen molar-refractivity contribution < 1.29 is 14.3 Å². The van der Waals surface area contributed by atoms with E-state index in [1.165, 1.54) is 0 Å². The molecule has 1 amide bonds. The van der Waals surface area contributed by atoms with Crippen LogP contribution in [0.1, 0.15) is 33.1 Å². The number of carbonyl (C=O) groups excluding carboxylic acids is 2. The van der Waals surface area contributed by atoms with Crippen molar-refractivity contribution in [3.05, 3.63) is 0 Å². The highest BCUT2D eigenvalue weighted by Crippen LogP contribution is 2.16. The summed E-state index contributed by atoms with van der Waals surface area (Å²) in [6.45, 7) is 3.53. The summed E-state index contributed by atoms with van der Waals surface area (Å²) >= 11 is 0. The molecule has 0 heterocycles. The third-order valence-electron chi connectivity index (χ3n) is 1.48. The topological polar surface area (TPSA) is 69.4 Å². The fraction of sp³-hybridized carbons (Fsp3) is 0.750. The zero-order valence-electron chi connectivity index (χ0n) is 7.50. The van der Waals surface area contributed by atoms with Crippen LogP contribution >= 0.6 is 0 Å². The summed E-state index contributed by atoms with van der Waals surface area (Å²) in [5, 5.41) is 0. The maximum atomic E-state index is 10.4. The van der Waals surface area contributed by atoms with E-state index in [4.69, 9.17) is 10.5 Å². The highest BCUT2D eigenvalue weighted by Gasteiger charge is 2.20. The Bertz CT molecular complexity index is 166. The average Bonchev–Trinajstić information content (AvgIpc) is 1.84. The van der Waals surface area contributed by atoms with E-state index in [9.17, 15) is 9.59 Å². The van der Waals surface area contributed by atoms with Crippen LogP contribution in [0, 0.1) is 0 Å². The molecule has 0 saturated carbocycles. The fourth-order valence-electron chi connectivity index (χ4n) is 0.934. The lowest BCUT2D eigenvalue weighted by molar-refractivity contribution is -0.108. The van der Waals surface area contributed by atoms with Crippen LogP contribution in [0.4, 0.5) is 4.79 Å². The molecular weight excluding hydrogens is 158 g/mol. The Morgan fingerprint density at radius 1 is 1.58 bits per heavy atom. The van der Waals surface area contributed by atoms with Gasteiger partial charge in [-0.1, -0.05) is 0 Å². The predicted molar refractivity (Wildman–Crippen MR) is 44.7 cm³/mol. The Morgan fingerprint density at radius 2 is 2.17 bits per heavy atom. The molecule has 70 valence electrons. The molecular formula is C8H15NO3. The van der Waals surface area contributed by atoms with E-state index in [0.717, 1.165) is 6.29 Å². The van der Waals surface area contributed by atoms with Crippen LogP contribution in [0.25, 0.3) is 0 Å². The number of rotatable bonds is 5. The first-order valence-electron chi connectivity index (χ1n) is 3.90. The van der Waals surface area contributed by atoms with Gasteiger partial charge in [0, 0.05) is 6.42 Å². The Balaban J connectivity index is 3.70. The molecule has 0 aliphatic rings. The Kier molecular flexibility index (Phi) is 4.33. The average molecular weight is 173 g/mol. The molecule has 0 unspecified atom stereocenters. The molecule has 12 heavy (non-hydrogen) atoms. The second-order valence-electron chi connectivity index (χ2n) is 3.24.